The number of aromatic nitrogens is 2. The molecule has 212 valence electrons. The molecule has 41 heavy (non-hydrogen) atoms. The molecule has 0 radical (unpaired) electrons. The molecular formula is C30H28BrFN4O5. The van der Waals surface area contributed by atoms with Crippen LogP contribution in [-0.4, -0.2) is 27.4 Å². The summed E-state index contributed by atoms with van der Waals surface area (Å²) in [6.07, 6.45) is 6.45. The zero-order valence-electron chi connectivity index (χ0n) is 22.4. The fraction of sp³-hybridized carbons (Fsp3) is 0.300. The first-order valence-electron chi connectivity index (χ1n) is 13.4. The summed E-state index contributed by atoms with van der Waals surface area (Å²) in [6.45, 7) is 1.97. The molecule has 0 saturated heterocycles. The van der Waals surface area contributed by atoms with E-state index in [1.807, 2.05) is 12.1 Å². The number of benzene rings is 3. The molecule has 9 nitrogen and oxygen atoms in total. The molecule has 0 spiro atoms. The SMILES string of the molecule is CCOc1cc(C=Nn2c(C3CCCCC3)nc3ccc(Br)cc3c2=O)cc([N+](=O)[O-])c1OCc1ccc(F)cc1. The van der Waals surface area contributed by atoms with Gasteiger partial charge in [-0.05, 0) is 61.7 Å². The Hall–Kier alpha value is -4.12. The van der Waals surface area contributed by atoms with Gasteiger partial charge in [0.25, 0.3) is 5.56 Å². The van der Waals surface area contributed by atoms with Gasteiger partial charge in [0.15, 0.2) is 5.75 Å². The smallest absolute Gasteiger partial charge is 0.315 e. The van der Waals surface area contributed by atoms with Crippen molar-refractivity contribution in [2.24, 2.45) is 5.10 Å². The summed E-state index contributed by atoms with van der Waals surface area (Å²) in [5.41, 5.74) is 0.956. The van der Waals surface area contributed by atoms with Gasteiger partial charge in [-0.2, -0.15) is 9.78 Å². The number of halogens is 2. The Kier molecular flexibility index (Phi) is 8.72. The predicted molar refractivity (Wildman–Crippen MR) is 158 cm³/mol. The van der Waals surface area contributed by atoms with Gasteiger partial charge >= 0.3 is 5.69 Å². The summed E-state index contributed by atoms with van der Waals surface area (Å²) in [7, 11) is 0. The van der Waals surface area contributed by atoms with Gasteiger partial charge < -0.3 is 9.47 Å². The summed E-state index contributed by atoms with van der Waals surface area (Å²) in [5, 5.41) is 17.0. The number of fused-ring (bicyclic) bond motifs is 1. The molecular weight excluding hydrogens is 595 g/mol. The van der Waals surface area contributed by atoms with Crippen molar-refractivity contribution in [1.82, 2.24) is 9.66 Å². The van der Waals surface area contributed by atoms with Crippen molar-refractivity contribution in [2.45, 2.75) is 51.6 Å². The molecule has 0 aliphatic heterocycles. The maximum Gasteiger partial charge on any atom is 0.315 e. The van der Waals surface area contributed by atoms with Crippen LogP contribution in [0.4, 0.5) is 10.1 Å². The van der Waals surface area contributed by atoms with Crippen molar-refractivity contribution in [3.63, 3.8) is 0 Å². The van der Waals surface area contributed by atoms with E-state index in [4.69, 9.17) is 14.5 Å². The van der Waals surface area contributed by atoms with Crippen molar-refractivity contribution in [3.8, 4) is 11.5 Å². The molecule has 3 aromatic carbocycles. The van der Waals surface area contributed by atoms with E-state index in [1.165, 1.54) is 29.1 Å². The Morgan fingerprint density at radius 2 is 1.88 bits per heavy atom. The van der Waals surface area contributed by atoms with E-state index >= 15 is 0 Å². The van der Waals surface area contributed by atoms with Crippen LogP contribution < -0.4 is 15.0 Å². The highest BCUT2D eigenvalue weighted by Crippen LogP contribution is 2.39. The van der Waals surface area contributed by atoms with Crippen LogP contribution in [0.15, 0.2) is 69.0 Å². The number of ether oxygens (including phenoxy) is 2. The average molecular weight is 623 g/mol. The Morgan fingerprint density at radius 1 is 1.12 bits per heavy atom. The zero-order valence-corrected chi connectivity index (χ0v) is 24.0. The van der Waals surface area contributed by atoms with Gasteiger partial charge in [0, 0.05) is 22.0 Å². The van der Waals surface area contributed by atoms with Crippen LogP contribution in [0.5, 0.6) is 11.5 Å². The molecule has 1 heterocycles. The predicted octanol–water partition coefficient (Wildman–Crippen LogP) is 7.11. The third-order valence-electron chi connectivity index (χ3n) is 6.98. The maximum atomic E-state index is 13.6. The lowest BCUT2D eigenvalue weighted by molar-refractivity contribution is -0.386. The second-order valence-corrected chi connectivity index (χ2v) is 10.7. The summed E-state index contributed by atoms with van der Waals surface area (Å²) < 4.78 is 26.9. The molecule has 4 aromatic rings. The Balaban J connectivity index is 1.56. The number of rotatable bonds is 9. The molecule has 0 amide bonds. The fourth-order valence-electron chi connectivity index (χ4n) is 4.99. The third kappa shape index (κ3) is 6.45. The lowest BCUT2D eigenvalue weighted by atomic mass is 9.88. The van der Waals surface area contributed by atoms with Crippen LogP contribution in [0, 0.1) is 15.9 Å². The third-order valence-corrected chi connectivity index (χ3v) is 7.47. The molecule has 1 fully saturated rings. The van der Waals surface area contributed by atoms with Crippen LogP contribution in [0.1, 0.15) is 61.9 Å². The second kappa shape index (κ2) is 12.6. The minimum Gasteiger partial charge on any atom is -0.490 e. The highest BCUT2D eigenvalue weighted by molar-refractivity contribution is 9.10. The normalized spacial score (nSPS) is 14.0. The molecule has 0 bridgehead atoms. The molecule has 0 unspecified atom stereocenters. The molecule has 11 heteroatoms. The van der Waals surface area contributed by atoms with E-state index in [9.17, 15) is 19.3 Å². The first-order chi connectivity index (χ1) is 19.8. The maximum absolute atomic E-state index is 13.6. The van der Waals surface area contributed by atoms with E-state index in [0.29, 0.717) is 27.9 Å². The highest BCUT2D eigenvalue weighted by atomic mass is 79.9. The number of nitro benzene ring substituents is 1. The molecule has 5 rings (SSSR count). The highest BCUT2D eigenvalue weighted by Gasteiger charge is 2.24. The zero-order chi connectivity index (χ0) is 28.9. The van der Waals surface area contributed by atoms with Gasteiger partial charge in [0.05, 0.1) is 28.6 Å². The molecule has 0 atom stereocenters. The number of hydrogen-bond acceptors (Lipinski definition) is 7. The first-order valence-corrected chi connectivity index (χ1v) is 14.2. The van der Waals surface area contributed by atoms with Crippen molar-refractivity contribution >= 4 is 38.7 Å². The summed E-state index contributed by atoms with van der Waals surface area (Å²) in [5.74, 6) is 0.386. The van der Waals surface area contributed by atoms with Crippen molar-refractivity contribution in [3.05, 3.63) is 102 Å². The Labute approximate surface area is 243 Å². The van der Waals surface area contributed by atoms with Gasteiger partial charge in [0.2, 0.25) is 5.75 Å². The minimum absolute atomic E-state index is 0.0207. The van der Waals surface area contributed by atoms with Crippen LogP contribution in [-0.2, 0) is 6.61 Å². The van der Waals surface area contributed by atoms with Crippen molar-refractivity contribution < 1.29 is 18.8 Å². The second-order valence-electron chi connectivity index (χ2n) is 9.80. The largest absolute Gasteiger partial charge is 0.490 e. The quantitative estimate of drug-likeness (QED) is 0.112. The molecule has 1 aliphatic rings. The standard InChI is InChI=1S/C30H28BrFN4O5/c1-2-40-27-15-20(14-26(36(38)39)28(27)41-18-19-8-11-23(32)12-9-19)17-33-35-29(21-6-4-3-5-7-21)34-25-13-10-22(31)16-24(25)30(35)37/h8-17,21H,2-7,18H2,1H3. The summed E-state index contributed by atoms with van der Waals surface area (Å²) >= 11 is 3.42. The lowest BCUT2D eigenvalue weighted by Gasteiger charge is -2.22. The topological polar surface area (TPSA) is 109 Å². The van der Waals surface area contributed by atoms with Gasteiger partial charge in [-0.15, -0.1) is 0 Å². The van der Waals surface area contributed by atoms with E-state index in [-0.39, 0.29) is 41.9 Å². The Morgan fingerprint density at radius 3 is 2.59 bits per heavy atom. The minimum atomic E-state index is -0.561. The van der Waals surface area contributed by atoms with Gasteiger partial charge in [-0.25, -0.2) is 9.37 Å². The lowest BCUT2D eigenvalue weighted by Crippen LogP contribution is -2.25. The fourth-order valence-corrected chi connectivity index (χ4v) is 5.35. The van der Waals surface area contributed by atoms with Crippen LogP contribution in [0.25, 0.3) is 10.9 Å². The average Bonchev–Trinajstić information content (AvgIpc) is 2.97. The molecule has 1 saturated carbocycles. The monoisotopic (exact) mass is 622 g/mol. The first kappa shape index (κ1) is 28.4. The van der Waals surface area contributed by atoms with Crippen molar-refractivity contribution in [2.75, 3.05) is 6.61 Å². The number of hydrogen-bond donors (Lipinski definition) is 0. The Bertz CT molecular complexity index is 1670. The van der Waals surface area contributed by atoms with Crippen LogP contribution in [0.2, 0.25) is 0 Å². The number of nitro groups is 1. The van der Waals surface area contributed by atoms with Crippen molar-refractivity contribution in [1.29, 1.82) is 0 Å². The summed E-state index contributed by atoms with van der Waals surface area (Å²) in [6, 6.07) is 13.9. The molecule has 1 aromatic heterocycles. The molecule has 0 N–H and O–H groups in total. The van der Waals surface area contributed by atoms with Gasteiger partial charge in [-0.1, -0.05) is 47.3 Å². The van der Waals surface area contributed by atoms with E-state index in [1.54, 1.807) is 31.2 Å². The summed E-state index contributed by atoms with van der Waals surface area (Å²) in [4.78, 5) is 29.9. The van der Waals surface area contributed by atoms with Gasteiger partial charge in [0.1, 0.15) is 18.2 Å². The van der Waals surface area contributed by atoms with Crippen LogP contribution >= 0.6 is 15.9 Å². The van der Waals surface area contributed by atoms with Crippen LogP contribution in [0.3, 0.4) is 0 Å². The van der Waals surface area contributed by atoms with Gasteiger partial charge in [-0.3, -0.25) is 14.9 Å². The van der Waals surface area contributed by atoms with E-state index in [2.05, 4.69) is 21.0 Å². The van der Waals surface area contributed by atoms with E-state index in [0.717, 1.165) is 36.6 Å². The molecule has 1 aliphatic carbocycles. The number of nitrogens with zero attached hydrogens (tertiary/aromatic N) is 4. The van der Waals surface area contributed by atoms with E-state index < -0.39 is 10.7 Å².